The highest BCUT2D eigenvalue weighted by Gasteiger charge is 2.44. The van der Waals surface area contributed by atoms with Crippen molar-refractivity contribution < 1.29 is 23.0 Å². The van der Waals surface area contributed by atoms with Crippen molar-refractivity contribution in [2.45, 2.75) is 39.2 Å². The second kappa shape index (κ2) is 8.46. The van der Waals surface area contributed by atoms with Crippen LogP contribution in [0.25, 0.3) is 0 Å². The first-order valence-electron chi connectivity index (χ1n) is 10.8. The molecule has 2 aromatic rings. The standard InChI is InChI=1S/C23H30FN3O4S/c1-23(2,3)31-22(28)25-14-12-17(13-15-25)16-26-20-11-7-10-19(24)21(20)27(32(26,29)30)18-8-5-4-6-9-18/h4-11,17,29-30H,12-16H2,1-3H3. The molecule has 0 atom stereocenters. The molecule has 1 amide bonds. The normalized spacial score (nSPS) is 19.6. The fourth-order valence-corrected chi connectivity index (χ4v) is 6.00. The lowest BCUT2D eigenvalue weighted by Gasteiger charge is -2.45. The number of amides is 1. The van der Waals surface area contributed by atoms with Crippen LogP contribution in [0.5, 0.6) is 0 Å². The molecule has 2 aliphatic rings. The molecule has 0 bridgehead atoms. The Labute approximate surface area is 190 Å². The van der Waals surface area contributed by atoms with E-state index < -0.39 is 22.4 Å². The summed E-state index contributed by atoms with van der Waals surface area (Å²) in [4.78, 5) is 14.0. The van der Waals surface area contributed by atoms with Crippen LogP contribution in [0.15, 0.2) is 48.5 Å². The first-order valence-corrected chi connectivity index (χ1v) is 12.2. The summed E-state index contributed by atoms with van der Waals surface area (Å²) >= 11 is 0. The topological polar surface area (TPSA) is 76.5 Å². The highest BCUT2D eigenvalue weighted by atomic mass is 32.3. The largest absolute Gasteiger partial charge is 0.444 e. The quantitative estimate of drug-likeness (QED) is 0.580. The lowest BCUT2D eigenvalue weighted by atomic mass is 9.97. The van der Waals surface area contributed by atoms with Gasteiger partial charge in [-0.25, -0.2) is 13.5 Å². The summed E-state index contributed by atoms with van der Waals surface area (Å²) in [6, 6.07) is 13.5. The van der Waals surface area contributed by atoms with Gasteiger partial charge < -0.3 is 9.64 Å². The molecule has 0 aromatic heterocycles. The van der Waals surface area contributed by atoms with Gasteiger partial charge in [-0.1, -0.05) is 24.3 Å². The van der Waals surface area contributed by atoms with Crippen LogP contribution >= 0.6 is 11.0 Å². The number of hydrogen-bond donors (Lipinski definition) is 2. The third-order valence-electron chi connectivity index (χ3n) is 5.66. The zero-order valence-electron chi connectivity index (χ0n) is 18.6. The maximum Gasteiger partial charge on any atom is 0.410 e. The summed E-state index contributed by atoms with van der Waals surface area (Å²) in [6.07, 6.45) is 1.06. The van der Waals surface area contributed by atoms with Crippen LogP contribution < -0.4 is 8.61 Å². The van der Waals surface area contributed by atoms with Crippen molar-refractivity contribution >= 4 is 34.1 Å². The van der Waals surface area contributed by atoms with Crippen LogP contribution in [-0.4, -0.2) is 45.3 Å². The van der Waals surface area contributed by atoms with Crippen molar-refractivity contribution in [2.24, 2.45) is 5.92 Å². The Bertz CT molecular complexity index is 975. The van der Waals surface area contributed by atoms with Crippen molar-refractivity contribution in [2.75, 3.05) is 28.2 Å². The number of para-hydroxylation sites is 2. The van der Waals surface area contributed by atoms with Crippen LogP contribution in [0.4, 0.5) is 26.2 Å². The SMILES string of the molecule is CC(C)(C)OC(=O)N1CCC(CN2c3cccc(F)c3N(c3ccccc3)S2(O)O)CC1. The summed E-state index contributed by atoms with van der Waals surface area (Å²) in [5, 5.41) is 0. The Morgan fingerprint density at radius 2 is 1.75 bits per heavy atom. The van der Waals surface area contributed by atoms with Gasteiger partial charge in [-0.05, 0) is 74.8 Å². The maximum absolute atomic E-state index is 14.9. The van der Waals surface area contributed by atoms with Gasteiger partial charge >= 0.3 is 6.09 Å². The molecule has 2 aromatic carbocycles. The summed E-state index contributed by atoms with van der Waals surface area (Å²) in [7, 11) is -3.49. The molecule has 0 spiro atoms. The molecular weight excluding hydrogens is 433 g/mol. The number of hydrogen-bond acceptors (Lipinski definition) is 6. The first-order chi connectivity index (χ1) is 15.1. The Kier molecular flexibility index (Phi) is 6.00. The highest BCUT2D eigenvalue weighted by molar-refractivity contribution is 8.27. The molecule has 1 saturated heterocycles. The van der Waals surface area contributed by atoms with Gasteiger partial charge in [0, 0.05) is 19.6 Å². The number of nitrogens with zero attached hydrogens (tertiary/aromatic N) is 3. The van der Waals surface area contributed by atoms with E-state index in [1.807, 2.05) is 26.8 Å². The van der Waals surface area contributed by atoms with E-state index >= 15 is 0 Å². The van der Waals surface area contributed by atoms with Gasteiger partial charge in [0.15, 0.2) is 5.82 Å². The molecule has 7 nitrogen and oxygen atoms in total. The number of carbonyl (C=O) groups is 1. The Balaban J connectivity index is 1.53. The fraction of sp³-hybridized carbons (Fsp3) is 0.435. The van der Waals surface area contributed by atoms with Crippen LogP contribution in [0.3, 0.4) is 0 Å². The summed E-state index contributed by atoms with van der Waals surface area (Å²) in [5.74, 6) is -0.389. The molecular formula is C23H30FN3O4S. The van der Waals surface area contributed by atoms with E-state index in [-0.39, 0.29) is 17.7 Å². The molecule has 2 heterocycles. The van der Waals surface area contributed by atoms with Gasteiger partial charge in [-0.2, -0.15) is 0 Å². The molecule has 4 rings (SSSR count). The molecule has 1 fully saturated rings. The van der Waals surface area contributed by atoms with E-state index in [0.717, 1.165) is 0 Å². The molecule has 0 aliphatic carbocycles. The zero-order chi connectivity index (χ0) is 23.1. The molecule has 9 heteroatoms. The third kappa shape index (κ3) is 4.37. The van der Waals surface area contributed by atoms with Crippen LogP contribution in [0.1, 0.15) is 33.6 Å². The smallest absolute Gasteiger partial charge is 0.410 e. The molecule has 2 N–H and O–H groups in total. The molecule has 0 radical (unpaired) electrons. The summed E-state index contributed by atoms with van der Waals surface area (Å²) in [6.45, 7) is 6.93. The molecule has 0 saturated carbocycles. The van der Waals surface area contributed by atoms with Crippen molar-refractivity contribution in [3.8, 4) is 0 Å². The number of anilines is 3. The Morgan fingerprint density at radius 3 is 2.38 bits per heavy atom. The predicted octanol–water partition coefficient (Wildman–Crippen LogP) is 6.01. The van der Waals surface area contributed by atoms with E-state index in [2.05, 4.69) is 0 Å². The van der Waals surface area contributed by atoms with Crippen molar-refractivity contribution in [1.29, 1.82) is 0 Å². The van der Waals surface area contributed by atoms with Crippen LogP contribution in [0.2, 0.25) is 0 Å². The number of piperidine rings is 1. The number of fused-ring (bicyclic) bond motifs is 1. The zero-order valence-corrected chi connectivity index (χ0v) is 19.4. The first kappa shape index (κ1) is 22.7. The van der Waals surface area contributed by atoms with Gasteiger partial charge in [0.2, 0.25) is 0 Å². The van der Waals surface area contributed by atoms with Crippen molar-refractivity contribution in [3.05, 3.63) is 54.3 Å². The Hall–Kier alpha value is -2.49. The lowest BCUT2D eigenvalue weighted by molar-refractivity contribution is 0.0187. The minimum Gasteiger partial charge on any atom is -0.444 e. The molecule has 32 heavy (non-hydrogen) atoms. The number of likely N-dealkylation sites (tertiary alicyclic amines) is 1. The average Bonchev–Trinajstić information content (AvgIpc) is 2.96. The van der Waals surface area contributed by atoms with Gasteiger partial charge in [-0.15, -0.1) is 0 Å². The van der Waals surface area contributed by atoms with Crippen molar-refractivity contribution in [3.63, 3.8) is 0 Å². The highest BCUT2D eigenvalue weighted by Crippen LogP contribution is 2.65. The fourth-order valence-electron chi connectivity index (χ4n) is 4.15. The number of carbonyl (C=O) groups excluding carboxylic acids is 1. The van der Waals surface area contributed by atoms with Crippen molar-refractivity contribution in [1.82, 2.24) is 4.90 Å². The Morgan fingerprint density at radius 1 is 1.09 bits per heavy atom. The van der Waals surface area contributed by atoms with E-state index in [0.29, 0.717) is 43.9 Å². The van der Waals surface area contributed by atoms with E-state index in [1.54, 1.807) is 41.3 Å². The van der Waals surface area contributed by atoms with Gasteiger partial charge in [-0.3, -0.25) is 13.4 Å². The second-order valence-electron chi connectivity index (χ2n) is 9.20. The van der Waals surface area contributed by atoms with Gasteiger partial charge in [0.25, 0.3) is 0 Å². The van der Waals surface area contributed by atoms with E-state index in [9.17, 15) is 18.3 Å². The number of halogens is 1. The average molecular weight is 464 g/mol. The number of ether oxygens (including phenoxy) is 1. The molecule has 2 aliphatic heterocycles. The van der Waals surface area contributed by atoms with Gasteiger partial charge in [0.1, 0.15) is 11.3 Å². The molecule has 0 unspecified atom stereocenters. The van der Waals surface area contributed by atoms with E-state index in [4.69, 9.17) is 4.74 Å². The molecule has 174 valence electrons. The minimum atomic E-state index is -3.49. The third-order valence-corrected chi connectivity index (χ3v) is 7.48. The lowest BCUT2D eigenvalue weighted by Crippen LogP contribution is -2.44. The minimum absolute atomic E-state index is 0.117. The second-order valence-corrected chi connectivity index (χ2v) is 11.0. The summed E-state index contributed by atoms with van der Waals surface area (Å²) < 4.78 is 45.6. The summed E-state index contributed by atoms with van der Waals surface area (Å²) in [5.41, 5.74) is 0.601. The van der Waals surface area contributed by atoms with E-state index in [1.165, 1.54) is 14.7 Å². The maximum atomic E-state index is 14.9. The number of rotatable bonds is 3. The van der Waals surface area contributed by atoms with Crippen LogP contribution in [-0.2, 0) is 4.74 Å². The number of benzene rings is 2. The van der Waals surface area contributed by atoms with Gasteiger partial charge in [0.05, 0.1) is 11.4 Å². The predicted molar refractivity (Wildman–Crippen MR) is 126 cm³/mol. The van der Waals surface area contributed by atoms with Crippen LogP contribution in [0, 0.1) is 11.7 Å². The monoisotopic (exact) mass is 463 g/mol.